The third kappa shape index (κ3) is 3.71. The van der Waals surface area contributed by atoms with E-state index in [1.165, 1.54) is 17.0 Å². The molecule has 2 aliphatic heterocycles. The van der Waals surface area contributed by atoms with Crippen LogP contribution in [0.3, 0.4) is 0 Å². The lowest BCUT2D eigenvalue weighted by Crippen LogP contribution is -2.59. The summed E-state index contributed by atoms with van der Waals surface area (Å²) in [4.78, 5) is 41.4. The van der Waals surface area contributed by atoms with Crippen LogP contribution >= 0.6 is 0 Å². The zero-order valence-electron chi connectivity index (χ0n) is 15.0. The molecule has 3 rings (SSSR count). The quantitative estimate of drug-likeness (QED) is 0.759. The van der Waals surface area contributed by atoms with Crippen molar-refractivity contribution < 1.29 is 18.8 Å². The van der Waals surface area contributed by atoms with E-state index in [2.05, 4.69) is 0 Å². The van der Waals surface area contributed by atoms with E-state index in [1.807, 2.05) is 6.92 Å². The SMILES string of the molecule is CCN1CCN(C(=O)N2CCCCC(c3ccc(F)cc3)C2)C(=O)C1=O. The number of imide groups is 1. The largest absolute Gasteiger partial charge is 0.333 e. The average Bonchev–Trinajstić information content (AvgIpc) is 2.90. The van der Waals surface area contributed by atoms with Crippen LogP contribution in [0, 0.1) is 5.82 Å². The molecule has 4 amide bonds. The number of nitrogens with zero attached hydrogens (tertiary/aromatic N) is 3. The molecule has 140 valence electrons. The predicted octanol–water partition coefficient (Wildman–Crippen LogP) is 2.21. The molecule has 0 radical (unpaired) electrons. The molecule has 2 fully saturated rings. The Morgan fingerprint density at radius 3 is 2.50 bits per heavy atom. The minimum atomic E-state index is -0.745. The summed E-state index contributed by atoms with van der Waals surface area (Å²) in [6.07, 6.45) is 2.72. The van der Waals surface area contributed by atoms with Gasteiger partial charge in [0.15, 0.2) is 0 Å². The summed E-state index contributed by atoms with van der Waals surface area (Å²) < 4.78 is 13.2. The zero-order chi connectivity index (χ0) is 18.7. The molecule has 0 N–H and O–H groups in total. The Hall–Kier alpha value is -2.44. The van der Waals surface area contributed by atoms with Gasteiger partial charge in [-0.25, -0.2) is 9.18 Å². The van der Waals surface area contributed by atoms with Gasteiger partial charge in [-0.2, -0.15) is 0 Å². The highest BCUT2D eigenvalue weighted by Crippen LogP contribution is 2.27. The van der Waals surface area contributed by atoms with Gasteiger partial charge in [-0.15, -0.1) is 0 Å². The summed E-state index contributed by atoms with van der Waals surface area (Å²) in [6, 6.07) is 5.97. The van der Waals surface area contributed by atoms with Gasteiger partial charge in [0.05, 0.1) is 0 Å². The molecule has 0 spiro atoms. The first kappa shape index (κ1) is 18.4. The van der Waals surface area contributed by atoms with Crippen molar-refractivity contribution >= 4 is 17.8 Å². The second-order valence-corrected chi connectivity index (χ2v) is 6.81. The molecule has 0 saturated carbocycles. The summed E-state index contributed by atoms with van der Waals surface area (Å²) in [6.45, 7) is 3.91. The fourth-order valence-corrected chi connectivity index (χ4v) is 3.65. The van der Waals surface area contributed by atoms with Crippen LogP contribution in [0.1, 0.15) is 37.7 Å². The predicted molar refractivity (Wildman–Crippen MR) is 93.9 cm³/mol. The number of carbonyl (C=O) groups is 3. The van der Waals surface area contributed by atoms with E-state index in [0.29, 0.717) is 26.2 Å². The van der Waals surface area contributed by atoms with Crippen molar-refractivity contribution in [1.29, 1.82) is 0 Å². The van der Waals surface area contributed by atoms with Crippen molar-refractivity contribution in [2.75, 3.05) is 32.7 Å². The first-order valence-electron chi connectivity index (χ1n) is 9.16. The van der Waals surface area contributed by atoms with Gasteiger partial charge in [-0.1, -0.05) is 18.6 Å². The minimum Gasteiger partial charge on any atom is -0.333 e. The molecule has 26 heavy (non-hydrogen) atoms. The van der Waals surface area contributed by atoms with Crippen molar-refractivity contribution in [3.8, 4) is 0 Å². The smallest absolute Gasteiger partial charge is 0.327 e. The molecular formula is C19H24FN3O3. The Bertz CT molecular complexity index is 692. The summed E-state index contributed by atoms with van der Waals surface area (Å²) >= 11 is 0. The average molecular weight is 361 g/mol. The highest BCUT2D eigenvalue weighted by molar-refractivity contribution is 6.38. The lowest BCUT2D eigenvalue weighted by molar-refractivity contribution is -0.153. The third-order valence-electron chi connectivity index (χ3n) is 5.20. The number of likely N-dealkylation sites (N-methyl/N-ethyl adjacent to an activating group) is 1. The Morgan fingerprint density at radius 2 is 1.81 bits per heavy atom. The van der Waals surface area contributed by atoms with Gasteiger partial charge < -0.3 is 9.80 Å². The lowest BCUT2D eigenvalue weighted by atomic mass is 9.94. The van der Waals surface area contributed by atoms with Crippen LogP contribution in [0.4, 0.5) is 9.18 Å². The van der Waals surface area contributed by atoms with Crippen LogP contribution in [-0.2, 0) is 9.59 Å². The van der Waals surface area contributed by atoms with E-state index in [0.717, 1.165) is 29.7 Å². The van der Waals surface area contributed by atoms with Crippen LogP contribution < -0.4 is 0 Å². The molecule has 6 nitrogen and oxygen atoms in total. The second kappa shape index (κ2) is 7.85. The topological polar surface area (TPSA) is 60.9 Å². The summed E-state index contributed by atoms with van der Waals surface area (Å²) in [5, 5.41) is 0. The molecule has 2 aliphatic rings. The van der Waals surface area contributed by atoms with Crippen molar-refractivity contribution in [2.45, 2.75) is 32.1 Å². The number of hydrogen-bond acceptors (Lipinski definition) is 3. The van der Waals surface area contributed by atoms with Crippen LogP contribution in [-0.4, -0.2) is 65.3 Å². The normalized spacial score (nSPS) is 21.8. The molecule has 0 aromatic heterocycles. The number of benzene rings is 1. The maximum atomic E-state index is 13.2. The standard InChI is InChI=1S/C19H24FN3O3/c1-2-21-11-12-23(18(25)17(21)24)19(26)22-10-4-3-5-15(13-22)14-6-8-16(20)9-7-14/h6-9,15H,2-5,10-13H2,1H3. The Morgan fingerprint density at radius 1 is 1.08 bits per heavy atom. The van der Waals surface area contributed by atoms with Crippen LogP contribution in [0.15, 0.2) is 24.3 Å². The van der Waals surface area contributed by atoms with E-state index in [1.54, 1.807) is 17.0 Å². The Balaban J connectivity index is 1.73. The highest BCUT2D eigenvalue weighted by Gasteiger charge is 2.38. The van der Waals surface area contributed by atoms with E-state index in [-0.39, 0.29) is 18.3 Å². The van der Waals surface area contributed by atoms with Gasteiger partial charge in [-0.05, 0) is 37.5 Å². The molecule has 7 heteroatoms. The third-order valence-corrected chi connectivity index (χ3v) is 5.20. The number of rotatable bonds is 2. The van der Waals surface area contributed by atoms with E-state index < -0.39 is 17.8 Å². The first-order chi connectivity index (χ1) is 12.5. The fourth-order valence-electron chi connectivity index (χ4n) is 3.65. The molecule has 0 bridgehead atoms. The van der Waals surface area contributed by atoms with E-state index in [4.69, 9.17) is 0 Å². The highest BCUT2D eigenvalue weighted by atomic mass is 19.1. The molecule has 1 aromatic carbocycles. The van der Waals surface area contributed by atoms with E-state index >= 15 is 0 Å². The van der Waals surface area contributed by atoms with Crippen LogP contribution in [0.5, 0.6) is 0 Å². The van der Waals surface area contributed by atoms with Gasteiger partial charge in [-0.3, -0.25) is 14.5 Å². The molecule has 0 aliphatic carbocycles. The molecule has 2 saturated heterocycles. The van der Waals surface area contributed by atoms with Crippen molar-refractivity contribution in [2.24, 2.45) is 0 Å². The number of carbonyl (C=O) groups excluding carboxylic acids is 3. The van der Waals surface area contributed by atoms with Gasteiger partial charge in [0.25, 0.3) is 0 Å². The van der Waals surface area contributed by atoms with Gasteiger partial charge in [0, 0.05) is 38.6 Å². The monoisotopic (exact) mass is 361 g/mol. The summed E-state index contributed by atoms with van der Waals surface area (Å²) in [5.74, 6) is -1.54. The molecule has 1 unspecified atom stereocenters. The fraction of sp³-hybridized carbons (Fsp3) is 0.526. The summed E-state index contributed by atoms with van der Waals surface area (Å²) in [7, 11) is 0. The Kier molecular flexibility index (Phi) is 5.54. The maximum Gasteiger partial charge on any atom is 0.327 e. The Labute approximate surface area is 152 Å². The number of likely N-dealkylation sites (tertiary alicyclic amines) is 1. The number of piperazine rings is 1. The van der Waals surface area contributed by atoms with Gasteiger partial charge >= 0.3 is 17.8 Å². The second-order valence-electron chi connectivity index (χ2n) is 6.81. The van der Waals surface area contributed by atoms with E-state index in [9.17, 15) is 18.8 Å². The number of urea groups is 1. The zero-order valence-corrected chi connectivity index (χ0v) is 15.0. The van der Waals surface area contributed by atoms with Gasteiger partial charge in [0.2, 0.25) is 0 Å². The van der Waals surface area contributed by atoms with Crippen molar-refractivity contribution in [3.63, 3.8) is 0 Å². The lowest BCUT2D eigenvalue weighted by Gasteiger charge is -2.35. The number of hydrogen-bond donors (Lipinski definition) is 0. The molecular weight excluding hydrogens is 337 g/mol. The molecule has 1 aromatic rings. The molecule has 1 atom stereocenters. The minimum absolute atomic E-state index is 0.102. The summed E-state index contributed by atoms with van der Waals surface area (Å²) in [5.41, 5.74) is 0.990. The number of halogens is 1. The van der Waals surface area contributed by atoms with Crippen LogP contribution in [0.25, 0.3) is 0 Å². The molecule has 2 heterocycles. The van der Waals surface area contributed by atoms with Crippen molar-refractivity contribution in [3.05, 3.63) is 35.6 Å². The van der Waals surface area contributed by atoms with Crippen molar-refractivity contribution in [1.82, 2.24) is 14.7 Å². The first-order valence-corrected chi connectivity index (χ1v) is 9.16. The maximum absolute atomic E-state index is 13.2. The van der Waals surface area contributed by atoms with Gasteiger partial charge in [0.1, 0.15) is 5.82 Å². The number of amides is 4. The van der Waals surface area contributed by atoms with Crippen LogP contribution in [0.2, 0.25) is 0 Å².